The van der Waals surface area contributed by atoms with E-state index in [2.05, 4.69) is 53.1 Å². The number of anilines is 2. The number of aromatic nitrogens is 6. The molecule has 4 heterocycles. The summed E-state index contributed by atoms with van der Waals surface area (Å²) in [6.07, 6.45) is 7.91. The van der Waals surface area contributed by atoms with Gasteiger partial charge in [0.2, 0.25) is 0 Å². The molecule has 0 unspecified atom stereocenters. The Bertz CT molecular complexity index is 1250. The van der Waals surface area contributed by atoms with E-state index in [9.17, 15) is 0 Å². The molecule has 0 aliphatic rings. The molecule has 0 bridgehead atoms. The Kier molecular flexibility index (Phi) is 6.28. The van der Waals surface area contributed by atoms with Crippen LogP contribution in [-0.2, 0) is 6.42 Å². The Morgan fingerprint density at radius 3 is 2.61 bits per heavy atom. The Balaban J connectivity index is 1.65. The zero-order valence-electron chi connectivity index (χ0n) is 16.9. The molecular formula is C20H17ClIN7O2. The molecule has 11 heteroatoms. The molecule has 0 aromatic carbocycles. The standard InChI is InChI=1S/C20H17ClIN7O2/c1-4-17-26-19(30-28-17)6-5-13-9-23-10-15(11(13)2)29(22)18-8-14(7-16(21)25-18)20-24-12(3)27-31-20/h5-10H,4H2,1-3H3/b6-5+. The Morgan fingerprint density at radius 2 is 1.90 bits per heavy atom. The number of aryl methyl sites for hydroxylation is 2. The molecule has 4 rings (SSSR count). The highest BCUT2D eigenvalue weighted by molar-refractivity contribution is 14.1. The average Bonchev–Trinajstić information content (AvgIpc) is 3.41. The minimum atomic E-state index is 0.315. The fourth-order valence-corrected chi connectivity index (χ4v) is 3.72. The molecule has 0 amide bonds. The first-order chi connectivity index (χ1) is 14.9. The van der Waals surface area contributed by atoms with Gasteiger partial charge >= 0.3 is 0 Å². The highest BCUT2D eigenvalue weighted by Gasteiger charge is 2.17. The molecule has 31 heavy (non-hydrogen) atoms. The lowest BCUT2D eigenvalue weighted by Crippen LogP contribution is -2.07. The van der Waals surface area contributed by atoms with Gasteiger partial charge in [-0.2, -0.15) is 9.97 Å². The molecule has 9 nitrogen and oxygen atoms in total. The Labute approximate surface area is 197 Å². The molecule has 0 saturated heterocycles. The van der Waals surface area contributed by atoms with E-state index in [4.69, 9.17) is 20.6 Å². The van der Waals surface area contributed by atoms with Crippen LogP contribution >= 0.6 is 34.5 Å². The van der Waals surface area contributed by atoms with Gasteiger partial charge in [-0.3, -0.25) is 8.10 Å². The van der Waals surface area contributed by atoms with Crippen LogP contribution in [0.5, 0.6) is 0 Å². The van der Waals surface area contributed by atoms with E-state index in [0.29, 0.717) is 40.0 Å². The van der Waals surface area contributed by atoms with Gasteiger partial charge in [0.1, 0.15) is 11.0 Å². The highest BCUT2D eigenvalue weighted by atomic mass is 127. The lowest BCUT2D eigenvalue weighted by molar-refractivity contribution is 0.403. The van der Waals surface area contributed by atoms with E-state index in [1.165, 1.54) is 0 Å². The smallest absolute Gasteiger partial charge is 0.258 e. The second-order valence-corrected chi connectivity index (χ2v) is 7.93. The van der Waals surface area contributed by atoms with Crippen LogP contribution in [0, 0.1) is 13.8 Å². The van der Waals surface area contributed by atoms with Crippen molar-refractivity contribution < 1.29 is 9.05 Å². The minimum Gasteiger partial charge on any atom is -0.335 e. The SMILES string of the molecule is CCc1noc(/C=C/c2cncc(N(I)c3cc(-c4nc(C)no4)cc(Cl)n3)c2C)n1. The number of pyridine rings is 2. The maximum absolute atomic E-state index is 6.26. The van der Waals surface area contributed by atoms with Crippen LogP contribution in [0.25, 0.3) is 23.6 Å². The summed E-state index contributed by atoms with van der Waals surface area (Å²) in [6, 6.07) is 3.51. The molecule has 0 spiro atoms. The topological polar surface area (TPSA) is 107 Å². The monoisotopic (exact) mass is 549 g/mol. The van der Waals surface area contributed by atoms with E-state index in [0.717, 1.165) is 23.2 Å². The van der Waals surface area contributed by atoms with E-state index < -0.39 is 0 Å². The van der Waals surface area contributed by atoms with Crippen molar-refractivity contribution in [3.05, 3.63) is 58.3 Å². The Morgan fingerprint density at radius 1 is 1.06 bits per heavy atom. The van der Waals surface area contributed by atoms with Gasteiger partial charge in [-0.25, -0.2) is 4.98 Å². The maximum Gasteiger partial charge on any atom is 0.258 e. The van der Waals surface area contributed by atoms with Gasteiger partial charge in [-0.05, 0) is 43.2 Å². The molecule has 0 saturated carbocycles. The van der Waals surface area contributed by atoms with E-state index in [1.54, 1.807) is 31.5 Å². The van der Waals surface area contributed by atoms with Crippen LogP contribution in [0.2, 0.25) is 5.15 Å². The Hall–Kier alpha value is -2.86. The van der Waals surface area contributed by atoms with Crippen molar-refractivity contribution in [2.45, 2.75) is 27.2 Å². The molecule has 158 valence electrons. The lowest BCUT2D eigenvalue weighted by Gasteiger charge is -2.19. The molecule has 0 aliphatic heterocycles. The maximum atomic E-state index is 6.26. The van der Waals surface area contributed by atoms with Crippen LogP contribution in [0.3, 0.4) is 0 Å². The van der Waals surface area contributed by atoms with Crippen molar-refractivity contribution in [1.29, 1.82) is 0 Å². The summed E-state index contributed by atoms with van der Waals surface area (Å²) in [4.78, 5) is 17.3. The van der Waals surface area contributed by atoms with Crippen molar-refractivity contribution in [2.24, 2.45) is 0 Å². The molecular weight excluding hydrogens is 533 g/mol. The summed E-state index contributed by atoms with van der Waals surface area (Å²) in [6.45, 7) is 5.73. The van der Waals surface area contributed by atoms with Gasteiger partial charge in [0.15, 0.2) is 11.6 Å². The quantitative estimate of drug-likeness (QED) is 0.177. The normalized spacial score (nSPS) is 11.4. The summed E-state index contributed by atoms with van der Waals surface area (Å²) in [5.41, 5.74) is 3.44. The van der Waals surface area contributed by atoms with Crippen LogP contribution in [0.15, 0.2) is 33.6 Å². The summed E-state index contributed by atoms with van der Waals surface area (Å²) >= 11 is 8.42. The number of nitrogens with zero attached hydrogens (tertiary/aromatic N) is 7. The van der Waals surface area contributed by atoms with Gasteiger partial charge in [-0.1, -0.05) is 28.8 Å². The molecule has 0 radical (unpaired) electrons. The van der Waals surface area contributed by atoms with Crippen molar-refractivity contribution in [3.8, 4) is 11.5 Å². The molecule has 4 aromatic rings. The molecule has 4 aromatic heterocycles. The first-order valence-electron chi connectivity index (χ1n) is 9.34. The number of rotatable bonds is 6. The fraction of sp³-hybridized carbons (Fsp3) is 0.200. The first-order valence-corrected chi connectivity index (χ1v) is 10.7. The number of hydrogen-bond acceptors (Lipinski definition) is 9. The first kappa shape index (κ1) is 21.4. The van der Waals surface area contributed by atoms with Crippen LogP contribution in [0.1, 0.15) is 35.6 Å². The van der Waals surface area contributed by atoms with E-state index in [1.807, 2.05) is 29.1 Å². The zero-order valence-corrected chi connectivity index (χ0v) is 19.8. The molecule has 0 atom stereocenters. The van der Waals surface area contributed by atoms with Gasteiger partial charge < -0.3 is 9.05 Å². The summed E-state index contributed by atoms with van der Waals surface area (Å²) in [7, 11) is 0. The van der Waals surface area contributed by atoms with Crippen molar-refractivity contribution in [1.82, 2.24) is 30.2 Å². The summed E-state index contributed by atoms with van der Waals surface area (Å²) in [5.74, 6) is 2.65. The van der Waals surface area contributed by atoms with Crippen LogP contribution < -0.4 is 3.11 Å². The van der Waals surface area contributed by atoms with Crippen molar-refractivity contribution in [2.75, 3.05) is 3.11 Å². The van der Waals surface area contributed by atoms with Crippen molar-refractivity contribution >= 4 is 58.1 Å². The van der Waals surface area contributed by atoms with Gasteiger partial charge in [0.05, 0.1) is 34.7 Å². The predicted molar refractivity (Wildman–Crippen MR) is 125 cm³/mol. The van der Waals surface area contributed by atoms with Gasteiger partial charge in [-0.15, -0.1) is 0 Å². The largest absolute Gasteiger partial charge is 0.335 e. The summed E-state index contributed by atoms with van der Waals surface area (Å²) < 4.78 is 12.3. The van der Waals surface area contributed by atoms with Gasteiger partial charge in [0.25, 0.3) is 11.8 Å². The predicted octanol–water partition coefficient (Wildman–Crippen LogP) is 5.40. The second kappa shape index (κ2) is 9.10. The minimum absolute atomic E-state index is 0.315. The third kappa shape index (κ3) is 4.74. The number of halogens is 2. The molecule has 0 fully saturated rings. The van der Waals surface area contributed by atoms with E-state index in [-0.39, 0.29) is 0 Å². The third-order valence-corrected chi connectivity index (χ3v) is 5.61. The fourth-order valence-electron chi connectivity index (χ4n) is 2.78. The van der Waals surface area contributed by atoms with Gasteiger partial charge in [0, 0.05) is 24.3 Å². The third-order valence-electron chi connectivity index (χ3n) is 4.40. The zero-order chi connectivity index (χ0) is 22.0. The van der Waals surface area contributed by atoms with Crippen LogP contribution in [0.4, 0.5) is 11.5 Å². The van der Waals surface area contributed by atoms with Crippen molar-refractivity contribution in [3.63, 3.8) is 0 Å². The molecule has 0 N–H and O–H groups in total. The van der Waals surface area contributed by atoms with E-state index >= 15 is 0 Å². The summed E-state index contributed by atoms with van der Waals surface area (Å²) in [5, 5.41) is 8.05. The van der Waals surface area contributed by atoms with Crippen LogP contribution in [-0.4, -0.2) is 30.2 Å². The highest BCUT2D eigenvalue weighted by Crippen LogP contribution is 2.35. The average molecular weight is 550 g/mol. The molecule has 0 aliphatic carbocycles. The second-order valence-electron chi connectivity index (χ2n) is 6.57. The number of hydrogen-bond donors (Lipinski definition) is 0. The lowest BCUT2D eigenvalue weighted by atomic mass is 10.1.